The fourth-order valence-corrected chi connectivity index (χ4v) is 2.31. The molecule has 0 aliphatic carbocycles. The summed E-state index contributed by atoms with van der Waals surface area (Å²) in [5.74, 6) is -0.676. The van der Waals surface area contributed by atoms with Crippen molar-refractivity contribution in [1.29, 1.82) is 0 Å². The quantitative estimate of drug-likeness (QED) is 0.646. The summed E-state index contributed by atoms with van der Waals surface area (Å²) >= 11 is 6.40. The smallest absolute Gasteiger partial charge is 0.325 e. The number of thioether (sulfide) groups is 1. The first-order valence-corrected chi connectivity index (χ1v) is 7.47. The molecule has 0 saturated carbocycles. The number of hydrogen-bond donors (Lipinski definition) is 2. The molecule has 1 heterocycles. The van der Waals surface area contributed by atoms with Gasteiger partial charge in [0, 0.05) is 16.8 Å². The number of nitrogens with one attached hydrogen (secondary N) is 2. The Morgan fingerprint density at radius 2 is 1.96 bits per heavy atom. The van der Waals surface area contributed by atoms with E-state index in [9.17, 15) is 22.8 Å². The van der Waals surface area contributed by atoms with Crippen LogP contribution in [0.1, 0.15) is 5.69 Å². The number of carbonyl (C=O) groups is 1. The van der Waals surface area contributed by atoms with Crippen LogP contribution >= 0.6 is 23.4 Å². The van der Waals surface area contributed by atoms with Crippen LogP contribution in [0.15, 0.2) is 40.3 Å². The predicted molar refractivity (Wildman–Crippen MR) is 80.7 cm³/mol. The Bertz CT molecular complexity index is 762. The van der Waals surface area contributed by atoms with Crippen molar-refractivity contribution < 1.29 is 18.0 Å². The Balaban J connectivity index is 2.00. The standard InChI is InChI=1S/C13H9ClF3N3O2S/c14-7-1-3-8(4-2-7)18-11(22)6-23-12-19-9(13(15,16)17)5-10(21)20-12/h1-5H,6H2,(H,18,22)(H,19,20,21). The summed E-state index contributed by atoms with van der Waals surface area (Å²) < 4.78 is 37.7. The highest BCUT2D eigenvalue weighted by atomic mass is 35.5. The zero-order valence-corrected chi connectivity index (χ0v) is 12.9. The molecule has 0 fully saturated rings. The van der Waals surface area contributed by atoms with E-state index in [1.165, 1.54) is 0 Å². The molecule has 1 aromatic carbocycles. The second-order valence-corrected chi connectivity index (χ2v) is 5.68. The zero-order valence-electron chi connectivity index (χ0n) is 11.3. The van der Waals surface area contributed by atoms with Crippen molar-refractivity contribution in [1.82, 2.24) is 9.97 Å². The summed E-state index contributed by atoms with van der Waals surface area (Å²) in [4.78, 5) is 28.4. The SMILES string of the molecule is O=C(CSc1nc(C(F)(F)F)cc(=O)[nH]1)Nc1ccc(Cl)cc1. The van der Waals surface area contributed by atoms with Gasteiger partial charge in [0.05, 0.1) is 5.75 Å². The first kappa shape index (κ1) is 17.4. The summed E-state index contributed by atoms with van der Waals surface area (Å²) in [7, 11) is 0. The van der Waals surface area contributed by atoms with Crippen LogP contribution in [0.25, 0.3) is 0 Å². The predicted octanol–water partition coefficient (Wildman–Crippen LogP) is 3.17. The molecule has 2 rings (SSSR count). The maximum absolute atomic E-state index is 12.6. The highest BCUT2D eigenvalue weighted by Crippen LogP contribution is 2.27. The van der Waals surface area contributed by atoms with Crippen LogP contribution in [0.4, 0.5) is 18.9 Å². The van der Waals surface area contributed by atoms with Crippen molar-refractivity contribution in [2.45, 2.75) is 11.3 Å². The fraction of sp³-hybridized carbons (Fsp3) is 0.154. The summed E-state index contributed by atoms with van der Waals surface area (Å²) in [6.07, 6.45) is -4.73. The molecule has 0 bridgehead atoms. The molecule has 122 valence electrons. The number of nitrogens with zero attached hydrogens (tertiary/aromatic N) is 1. The van der Waals surface area contributed by atoms with Crippen LogP contribution in [0.3, 0.4) is 0 Å². The molecule has 0 aliphatic heterocycles. The number of rotatable bonds is 4. The number of H-pyrrole nitrogens is 1. The van der Waals surface area contributed by atoms with E-state index in [0.717, 1.165) is 0 Å². The first-order chi connectivity index (χ1) is 10.7. The second kappa shape index (κ2) is 7.05. The summed E-state index contributed by atoms with van der Waals surface area (Å²) in [5.41, 5.74) is -1.75. The highest BCUT2D eigenvalue weighted by molar-refractivity contribution is 7.99. The van der Waals surface area contributed by atoms with Crippen LogP contribution in [-0.2, 0) is 11.0 Å². The lowest BCUT2D eigenvalue weighted by molar-refractivity contribution is -0.141. The van der Waals surface area contributed by atoms with E-state index in [2.05, 4.69) is 15.3 Å². The third kappa shape index (κ3) is 5.29. The number of halogens is 4. The van der Waals surface area contributed by atoms with Crippen LogP contribution in [0.2, 0.25) is 5.02 Å². The van der Waals surface area contributed by atoms with Crippen molar-refractivity contribution in [2.75, 3.05) is 11.1 Å². The normalized spacial score (nSPS) is 11.3. The average molecular weight is 364 g/mol. The van der Waals surface area contributed by atoms with E-state index in [1.54, 1.807) is 24.3 Å². The Labute approximate surface area is 137 Å². The van der Waals surface area contributed by atoms with E-state index in [4.69, 9.17) is 11.6 Å². The minimum Gasteiger partial charge on any atom is -0.325 e. The van der Waals surface area contributed by atoms with Crippen molar-refractivity contribution >= 4 is 35.0 Å². The van der Waals surface area contributed by atoms with Gasteiger partial charge in [-0.25, -0.2) is 4.98 Å². The highest BCUT2D eigenvalue weighted by Gasteiger charge is 2.33. The molecule has 0 spiro atoms. The van der Waals surface area contributed by atoms with Gasteiger partial charge in [0.25, 0.3) is 5.56 Å². The largest absolute Gasteiger partial charge is 0.433 e. The molecule has 2 N–H and O–H groups in total. The van der Waals surface area contributed by atoms with Gasteiger partial charge in [0.1, 0.15) is 0 Å². The summed E-state index contributed by atoms with van der Waals surface area (Å²) in [6, 6.07) is 6.68. The topological polar surface area (TPSA) is 74.8 Å². The van der Waals surface area contributed by atoms with Crippen LogP contribution < -0.4 is 10.9 Å². The van der Waals surface area contributed by atoms with Crippen LogP contribution in [0, 0.1) is 0 Å². The number of amides is 1. The van der Waals surface area contributed by atoms with Crippen molar-refractivity contribution in [3.8, 4) is 0 Å². The molecule has 0 aliphatic rings. The lowest BCUT2D eigenvalue weighted by Crippen LogP contribution is -2.18. The number of anilines is 1. The molecule has 0 saturated heterocycles. The molecule has 10 heteroatoms. The number of carbonyl (C=O) groups excluding carboxylic acids is 1. The van der Waals surface area contributed by atoms with Crippen molar-refractivity contribution in [2.24, 2.45) is 0 Å². The number of hydrogen-bond acceptors (Lipinski definition) is 4. The van der Waals surface area contributed by atoms with Crippen molar-refractivity contribution in [3.05, 3.63) is 51.4 Å². The van der Waals surface area contributed by atoms with Crippen molar-refractivity contribution in [3.63, 3.8) is 0 Å². The van der Waals surface area contributed by atoms with Crippen LogP contribution in [-0.4, -0.2) is 21.6 Å². The van der Waals surface area contributed by atoms with E-state index in [-0.39, 0.29) is 10.9 Å². The molecular formula is C13H9ClF3N3O2S. The molecular weight excluding hydrogens is 355 g/mol. The lowest BCUT2D eigenvalue weighted by Gasteiger charge is -2.07. The van der Waals surface area contributed by atoms with Crippen LogP contribution in [0.5, 0.6) is 0 Å². The molecule has 0 atom stereocenters. The lowest BCUT2D eigenvalue weighted by atomic mass is 10.3. The number of benzene rings is 1. The molecule has 2 aromatic rings. The minimum absolute atomic E-state index is 0.215. The van der Waals surface area contributed by atoms with E-state index in [0.29, 0.717) is 28.5 Å². The molecule has 5 nitrogen and oxygen atoms in total. The van der Waals surface area contributed by atoms with Gasteiger partial charge in [-0.05, 0) is 24.3 Å². The maximum Gasteiger partial charge on any atom is 0.433 e. The van der Waals surface area contributed by atoms with Gasteiger partial charge < -0.3 is 10.3 Å². The number of aromatic amines is 1. The summed E-state index contributed by atoms with van der Waals surface area (Å²) in [5, 5.41) is 2.76. The minimum atomic E-state index is -4.73. The molecule has 1 aromatic heterocycles. The molecule has 0 unspecified atom stereocenters. The Morgan fingerprint density at radius 1 is 1.30 bits per heavy atom. The van der Waals surface area contributed by atoms with Gasteiger partial charge in [-0.1, -0.05) is 23.4 Å². The number of aromatic nitrogens is 2. The molecule has 1 amide bonds. The third-order valence-electron chi connectivity index (χ3n) is 2.48. The molecule has 0 radical (unpaired) electrons. The average Bonchev–Trinajstić information content (AvgIpc) is 2.46. The third-order valence-corrected chi connectivity index (χ3v) is 3.60. The monoisotopic (exact) mass is 363 g/mol. The van der Waals surface area contributed by atoms with Gasteiger partial charge in [0.15, 0.2) is 10.9 Å². The zero-order chi connectivity index (χ0) is 17.0. The van der Waals surface area contributed by atoms with Gasteiger partial charge in [-0.3, -0.25) is 9.59 Å². The first-order valence-electron chi connectivity index (χ1n) is 6.11. The number of alkyl halides is 3. The van der Waals surface area contributed by atoms with Gasteiger partial charge >= 0.3 is 6.18 Å². The molecule has 23 heavy (non-hydrogen) atoms. The van der Waals surface area contributed by atoms with E-state index >= 15 is 0 Å². The fourth-order valence-electron chi connectivity index (χ4n) is 1.51. The Hall–Kier alpha value is -2.00. The Morgan fingerprint density at radius 3 is 2.57 bits per heavy atom. The van der Waals surface area contributed by atoms with Gasteiger partial charge in [0.2, 0.25) is 5.91 Å². The van der Waals surface area contributed by atoms with Gasteiger partial charge in [-0.15, -0.1) is 0 Å². The maximum atomic E-state index is 12.6. The second-order valence-electron chi connectivity index (χ2n) is 4.28. The van der Waals surface area contributed by atoms with E-state index < -0.39 is 23.3 Å². The summed E-state index contributed by atoms with van der Waals surface area (Å²) in [6.45, 7) is 0. The van der Waals surface area contributed by atoms with E-state index in [1.807, 2.05) is 0 Å². The Kier molecular flexibility index (Phi) is 5.32. The van der Waals surface area contributed by atoms with Gasteiger partial charge in [-0.2, -0.15) is 13.2 Å².